The van der Waals surface area contributed by atoms with Gasteiger partial charge in [-0.15, -0.1) is 0 Å². The van der Waals surface area contributed by atoms with E-state index in [-0.39, 0.29) is 36.8 Å². The molecule has 9 nitrogen and oxygen atoms in total. The van der Waals surface area contributed by atoms with Crippen LogP contribution in [0.15, 0.2) is 72.8 Å². The summed E-state index contributed by atoms with van der Waals surface area (Å²) in [5.74, 6) is -0.466. The molecular formula is C34H35N3O6. The summed E-state index contributed by atoms with van der Waals surface area (Å²) in [4.78, 5) is 45.7. The third-order valence-electron chi connectivity index (χ3n) is 9.44. The first-order chi connectivity index (χ1) is 20.9. The average Bonchev–Trinajstić information content (AvgIpc) is 3.67. The highest BCUT2D eigenvalue weighted by Gasteiger charge is 2.60. The molecule has 1 N–H and O–H groups in total. The largest absolute Gasteiger partial charge is 0.447 e. The number of cyclic esters (lactones) is 1. The number of rotatable bonds is 6. The van der Waals surface area contributed by atoms with Crippen LogP contribution in [0.2, 0.25) is 0 Å². The Labute approximate surface area is 250 Å². The highest BCUT2D eigenvalue weighted by molar-refractivity contribution is 6.08. The average molecular weight is 582 g/mol. The van der Waals surface area contributed by atoms with Crippen LogP contribution in [0.1, 0.15) is 42.0 Å². The van der Waals surface area contributed by atoms with Crippen molar-refractivity contribution in [3.8, 4) is 0 Å². The van der Waals surface area contributed by atoms with Gasteiger partial charge < -0.3 is 24.4 Å². The van der Waals surface area contributed by atoms with Crippen LogP contribution in [0.4, 0.5) is 16.2 Å². The monoisotopic (exact) mass is 581 g/mol. The van der Waals surface area contributed by atoms with Crippen molar-refractivity contribution in [2.45, 2.75) is 57.0 Å². The minimum Gasteiger partial charge on any atom is -0.447 e. The number of aliphatic hydroxyl groups excluding tert-OH is 1. The van der Waals surface area contributed by atoms with Gasteiger partial charge in [0.25, 0.3) is 5.91 Å². The molecule has 3 amide bonds. The number of hydrogen-bond acceptors (Lipinski definition) is 6. The first-order valence-corrected chi connectivity index (χ1v) is 15.0. The number of aliphatic hydroxyl groups is 1. The Morgan fingerprint density at radius 1 is 1.02 bits per heavy atom. The van der Waals surface area contributed by atoms with Crippen molar-refractivity contribution < 1.29 is 29.0 Å². The predicted octanol–water partition coefficient (Wildman–Crippen LogP) is 4.15. The number of anilines is 2. The molecule has 7 rings (SSSR count). The van der Waals surface area contributed by atoms with Gasteiger partial charge in [0.15, 0.2) is 5.60 Å². The molecule has 1 spiro atoms. The molecule has 2 fully saturated rings. The molecule has 0 saturated carbocycles. The summed E-state index contributed by atoms with van der Waals surface area (Å²) in [5.41, 5.74) is 4.07. The van der Waals surface area contributed by atoms with Crippen LogP contribution in [0.5, 0.6) is 0 Å². The fourth-order valence-corrected chi connectivity index (χ4v) is 7.26. The van der Waals surface area contributed by atoms with Gasteiger partial charge in [-0.25, -0.2) is 4.79 Å². The molecule has 3 aromatic rings. The minimum atomic E-state index is -1.28. The van der Waals surface area contributed by atoms with Gasteiger partial charge in [-0.05, 0) is 47.7 Å². The van der Waals surface area contributed by atoms with Gasteiger partial charge in [-0.3, -0.25) is 14.5 Å². The number of benzene rings is 3. The van der Waals surface area contributed by atoms with Crippen LogP contribution in [-0.4, -0.2) is 59.8 Å². The van der Waals surface area contributed by atoms with Crippen molar-refractivity contribution >= 4 is 29.3 Å². The molecule has 0 bridgehead atoms. The molecule has 4 heterocycles. The molecule has 2 saturated heterocycles. The molecule has 9 heteroatoms. The number of ether oxygens (including phenoxy) is 2. The third-order valence-corrected chi connectivity index (χ3v) is 9.44. The van der Waals surface area contributed by atoms with E-state index in [1.807, 2.05) is 79.7 Å². The zero-order valence-electron chi connectivity index (χ0n) is 24.1. The Morgan fingerprint density at radius 3 is 2.53 bits per heavy atom. The second-order valence-electron chi connectivity index (χ2n) is 12.0. The molecule has 43 heavy (non-hydrogen) atoms. The Morgan fingerprint density at radius 2 is 1.79 bits per heavy atom. The molecule has 222 valence electrons. The molecule has 3 aromatic carbocycles. The maximum Gasteiger partial charge on any atom is 0.414 e. The normalized spacial score (nSPS) is 26.2. The van der Waals surface area contributed by atoms with E-state index >= 15 is 0 Å². The van der Waals surface area contributed by atoms with E-state index in [4.69, 9.17) is 9.47 Å². The van der Waals surface area contributed by atoms with Crippen LogP contribution >= 0.6 is 0 Å². The first kappa shape index (κ1) is 27.6. The van der Waals surface area contributed by atoms with Crippen molar-refractivity contribution in [3.05, 3.63) is 95.1 Å². The van der Waals surface area contributed by atoms with Crippen LogP contribution in [0.25, 0.3) is 0 Å². The van der Waals surface area contributed by atoms with Crippen LogP contribution in [0, 0.1) is 5.92 Å². The molecular weight excluding hydrogens is 546 g/mol. The van der Waals surface area contributed by atoms with Crippen LogP contribution in [-0.2, 0) is 44.2 Å². The predicted molar refractivity (Wildman–Crippen MR) is 159 cm³/mol. The van der Waals surface area contributed by atoms with E-state index in [2.05, 4.69) is 0 Å². The quantitative estimate of drug-likeness (QED) is 0.470. The minimum absolute atomic E-state index is 0.0943. The summed E-state index contributed by atoms with van der Waals surface area (Å²) >= 11 is 0. The highest BCUT2D eigenvalue weighted by atomic mass is 16.6. The lowest BCUT2D eigenvalue weighted by Crippen LogP contribution is -2.47. The van der Waals surface area contributed by atoms with Crippen molar-refractivity contribution in [1.82, 2.24) is 4.90 Å². The Balaban J connectivity index is 1.19. The second kappa shape index (κ2) is 10.8. The molecule has 0 aliphatic carbocycles. The smallest absolute Gasteiger partial charge is 0.414 e. The molecule has 0 radical (unpaired) electrons. The number of amides is 3. The van der Waals surface area contributed by atoms with E-state index in [1.54, 1.807) is 14.7 Å². The summed E-state index contributed by atoms with van der Waals surface area (Å²) < 4.78 is 11.9. The molecule has 0 unspecified atom stereocenters. The Kier molecular flexibility index (Phi) is 6.94. The van der Waals surface area contributed by atoms with Gasteiger partial charge in [-0.2, -0.15) is 0 Å². The zero-order valence-corrected chi connectivity index (χ0v) is 24.1. The fourth-order valence-electron chi connectivity index (χ4n) is 7.26. The van der Waals surface area contributed by atoms with Crippen molar-refractivity contribution in [2.24, 2.45) is 5.92 Å². The van der Waals surface area contributed by atoms with E-state index in [0.29, 0.717) is 50.3 Å². The Hall–Kier alpha value is -4.21. The summed E-state index contributed by atoms with van der Waals surface area (Å²) in [6.07, 6.45) is 0.356. The topological polar surface area (TPSA) is 99.6 Å². The maximum absolute atomic E-state index is 14.4. The highest BCUT2D eigenvalue weighted by Crippen LogP contribution is 2.54. The van der Waals surface area contributed by atoms with E-state index < -0.39 is 17.8 Å². The van der Waals surface area contributed by atoms with E-state index in [9.17, 15) is 19.5 Å². The van der Waals surface area contributed by atoms with Gasteiger partial charge in [0.2, 0.25) is 5.91 Å². The number of carbonyl (C=O) groups is 3. The summed E-state index contributed by atoms with van der Waals surface area (Å²) in [6.45, 7) is 3.45. The molecule has 0 aromatic heterocycles. The SMILES string of the molecule is C[C@@H]1C[C@H](CC(=O)N2Cc3ccccc3C[C@H]2CO)O[C@@]12C(=O)N(Cc1ccccc1)c1ccc(N3CCOC3=O)cc12. The second-order valence-corrected chi connectivity index (χ2v) is 12.0. The standard InChI is InChI=1S/C34H35N3O6/c1-22-15-28(18-31(39)36-20-25-10-6-5-9-24(25)16-27(36)21-38)43-34(22)29-17-26(35-13-14-42-33(35)41)11-12-30(29)37(32(34)40)19-23-7-3-2-4-8-23/h2-12,17,22,27-28,38H,13-16,18-21H2,1H3/t22-,27+,28-,34+/m1/s1. The number of hydrogen-bond donors (Lipinski definition) is 1. The van der Waals surface area contributed by atoms with Crippen LogP contribution in [0.3, 0.4) is 0 Å². The summed E-state index contributed by atoms with van der Waals surface area (Å²) in [6, 6.07) is 23.1. The summed E-state index contributed by atoms with van der Waals surface area (Å²) in [7, 11) is 0. The van der Waals surface area contributed by atoms with Crippen molar-refractivity contribution in [1.29, 1.82) is 0 Å². The van der Waals surface area contributed by atoms with Crippen LogP contribution < -0.4 is 9.80 Å². The number of fused-ring (bicyclic) bond motifs is 3. The maximum atomic E-state index is 14.4. The van der Waals surface area contributed by atoms with Gasteiger partial charge in [0, 0.05) is 23.7 Å². The zero-order chi connectivity index (χ0) is 29.7. The fraction of sp³-hybridized carbons (Fsp3) is 0.382. The third kappa shape index (κ3) is 4.58. The lowest BCUT2D eigenvalue weighted by molar-refractivity contribution is -0.151. The number of carbonyl (C=O) groups excluding carboxylic acids is 3. The number of nitrogens with zero attached hydrogens (tertiary/aromatic N) is 3. The van der Waals surface area contributed by atoms with E-state index in [1.165, 1.54) is 0 Å². The van der Waals surface area contributed by atoms with Gasteiger partial charge in [0.1, 0.15) is 6.61 Å². The van der Waals surface area contributed by atoms with Crippen molar-refractivity contribution in [2.75, 3.05) is 29.6 Å². The van der Waals surface area contributed by atoms with Gasteiger partial charge >= 0.3 is 6.09 Å². The molecule has 4 aliphatic heterocycles. The van der Waals surface area contributed by atoms with Gasteiger partial charge in [0.05, 0.1) is 44.0 Å². The van der Waals surface area contributed by atoms with Gasteiger partial charge in [-0.1, -0.05) is 61.5 Å². The van der Waals surface area contributed by atoms with E-state index in [0.717, 1.165) is 22.4 Å². The lowest BCUT2D eigenvalue weighted by atomic mass is 9.82. The lowest BCUT2D eigenvalue weighted by Gasteiger charge is -2.36. The van der Waals surface area contributed by atoms with Crippen molar-refractivity contribution in [3.63, 3.8) is 0 Å². The summed E-state index contributed by atoms with van der Waals surface area (Å²) in [5, 5.41) is 10.1. The first-order valence-electron chi connectivity index (χ1n) is 15.0. The molecule has 4 aliphatic rings. The molecule has 4 atom stereocenters. The Bertz CT molecular complexity index is 1580.